The molecule has 9 nitrogen and oxygen atoms in total. The molecule has 0 radical (unpaired) electrons. The first-order valence-electron chi connectivity index (χ1n) is 11.7. The number of carbonyl (C=O) groups excluding carboxylic acids is 5. The van der Waals surface area contributed by atoms with Gasteiger partial charge < -0.3 is 15.4 Å². The van der Waals surface area contributed by atoms with Crippen LogP contribution in [0.25, 0.3) is 0 Å². The minimum Gasteiger partial charge on any atom is -0.452 e. The summed E-state index contributed by atoms with van der Waals surface area (Å²) in [7, 11) is 0. The molecular formula is C28H25N3O6. The number of carbonyl (C=O) groups is 5. The monoisotopic (exact) mass is 499 g/mol. The quantitative estimate of drug-likeness (QED) is 0.373. The van der Waals surface area contributed by atoms with E-state index in [9.17, 15) is 24.0 Å². The predicted octanol–water partition coefficient (Wildman–Crippen LogP) is 4.11. The number of benzene rings is 3. The lowest BCUT2D eigenvalue weighted by molar-refractivity contribution is -0.119. The van der Waals surface area contributed by atoms with Gasteiger partial charge in [0.25, 0.3) is 17.7 Å². The van der Waals surface area contributed by atoms with E-state index < -0.39 is 30.3 Å². The number of ether oxygens (including phenoxy) is 1. The Balaban J connectivity index is 1.44. The summed E-state index contributed by atoms with van der Waals surface area (Å²) >= 11 is 0. The summed E-state index contributed by atoms with van der Waals surface area (Å²) < 4.78 is 5.16. The van der Waals surface area contributed by atoms with Gasteiger partial charge in [-0.2, -0.15) is 0 Å². The molecule has 0 atom stereocenters. The SMILES string of the molecule is CCc1cccc(C)c1NC(=O)COC(=O)c1ccc2c(c1)C(=O)N(c1ccc(NC(C)=O)cc1)C2=O. The molecule has 4 amide bonds. The number of esters is 1. The number of anilines is 3. The molecule has 0 aromatic heterocycles. The second-order valence-corrected chi connectivity index (χ2v) is 8.52. The molecule has 0 fully saturated rings. The first-order chi connectivity index (χ1) is 17.7. The maximum atomic E-state index is 13.0. The minimum absolute atomic E-state index is 0.0423. The third-order valence-electron chi connectivity index (χ3n) is 5.91. The molecule has 3 aromatic carbocycles. The minimum atomic E-state index is -0.795. The van der Waals surface area contributed by atoms with Crippen LogP contribution in [-0.2, 0) is 20.7 Å². The van der Waals surface area contributed by atoms with E-state index >= 15 is 0 Å². The van der Waals surface area contributed by atoms with Crippen molar-refractivity contribution in [1.29, 1.82) is 0 Å². The normalized spacial score (nSPS) is 12.2. The lowest BCUT2D eigenvalue weighted by atomic mass is 10.1. The molecule has 0 bridgehead atoms. The Bertz CT molecular complexity index is 1430. The summed E-state index contributed by atoms with van der Waals surface area (Å²) in [5.74, 6) is -2.65. The number of para-hydroxylation sites is 1. The number of nitrogens with zero attached hydrogens (tertiary/aromatic N) is 1. The molecule has 1 aliphatic rings. The Morgan fingerprint density at radius 1 is 0.892 bits per heavy atom. The number of amides is 4. The van der Waals surface area contributed by atoms with Gasteiger partial charge in [-0.3, -0.25) is 19.2 Å². The van der Waals surface area contributed by atoms with Crippen LogP contribution in [0.2, 0.25) is 0 Å². The number of hydrogen-bond acceptors (Lipinski definition) is 6. The number of nitrogens with one attached hydrogen (secondary N) is 2. The molecule has 0 spiro atoms. The van der Waals surface area contributed by atoms with Crippen molar-refractivity contribution in [2.24, 2.45) is 0 Å². The van der Waals surface area contributed by atoms with E-state index in [4.69, 9.17) is 4.74 Å². The van der Waals surface area contributed by atoms with Crippen LogP contribution in [0.15, 0.2) is 60.7 Å². The smallest absolute Gasteiger partial charge is 0.338 e. The van der Waals surface area contributed by atoms with Crippen LogP contribution < -0.4 is 15.5 Å². The average molecular weight is 500 g/mol. The lowest BCUT2D eigenvalue weighted by Crippen LogP contribution is -2.29. The van der Waals surface area contributed by atoms with Crippen LogP contribution in [0, 0.1) is 6.92 Å². The third kappa shape index (κ3) is 5.25. The zero-order valence-corrected chi connectivity index (χ0v) is 20.6. The van der Waals surface area contributed by atoms with Gasteiger partial charge in [0.15, 0.2) is 6.61 Å². The largest absolute Gasteiger partial charge is 0.452 e. The van der Waals surface area contributed by atoms with Gasteiger partial charge in [0.2, 0.25) is 5.91 Å². The Kier molecular flexibility index (Phi) is 7.15. The van der Waals surface area contributed by atoms with Gasteiger partial charge in [0.1, 0.15) is 0 Å². The summed E-state index contributed by atoms with van der Waals surface area (Å²) in [6.07, 6.45) is 0.732. The summed E-state index contributed by atoms with van der Waals surface area (Å²) in [5, 5.41) is 5.40. The van der Waals surface area contributed by atoms with Gasteiger partial charge in [-0.15, -0.1) is 0 Å². The highest BCUT2D eigenvalue weighted by atomic mass is 16.5. The Hall–Kier alpha value is -4.79. The van der Waals surface area contributed by atoms with Crippen LogP contribution >= 0.6 is 0 Å². The molecule has 0 unspecified atom stereocenters. The zero-order valence-electron chi connectivity index (χ0n) is 20.6. The highest BCUT2D eigenvalue weighted by molar-refractivity contribution is 6.34. The maximum Gasteiger partial charge on any atom is 0.338 e. The fourth-order valence-electron chi connectivity index (χ4n) is 4.09. The van der Waals surface area contributed by atoms with E-state index in [-0.39, 0.29) is 22.6 Å². The van der Waals surface area contributed by atoms with Crippen molar-refractivity contribution in [3.63, 3.8) is 0 Å². The van der Waals surface area contributed by atoms with Gasteiger partial charge in [0.05, 0.1) is 22.4 Å². The van der Waals surface area contributed by atoms with Crippen LogP contribution in [-0.4, -0.2) is 36.2 Å². The van der Waals surface area contributed by atoms with E-state index in [1.54, 1.807) is 24.3 Å². The molecule has 188 valence electrons. The van der Waals surface area contributed by atoms with Crippen molar-refractivity contribution in [2.45, 2.75) is 27.2 Å². The van der Waals surface area contributed by atoms with Crippen LogP contribution in [0.4, 0.5) is 17.1 Å². The first-order valence-corrected chi connectivity index (χ1v) is 11.7. The molecule has 0 saturated carbocycles. The number of rotatable bonds is 7. The van der Waals surface area contributed by atoms with Crippen LogP contribution in [0.3, 0.4) is 0 Å². The number of hydrogen-bond donors (Lipinski definition) is 2. The van der Waals surface area contributed by atoms with Crippen molar-refractivity contribution in [2.75, 3.05) is 22.1 Å². The second-order valence-electron chi connectivity index (χ2n) is 8.52. The molecule has 1 heterocycles. The van der Waals surface area contributed by atoms with Crippen LogP contribution in [0.1, 0.15) is 56.0 Å². The standard InChI is InChI=1S/C28H25N3O6/c1-4-18-7-5-6-16(2)25(18)30-24(33)15-37-28(36)19-8-13-22-23(14-19)27(35)31(26(22)34)21-11-9-20(10-12-21)29-17(3)32/h5-14H,4,15H2,1-3H3,(H,29,32)(H,30,33). The summed E-state index contributed by atoms with van der Waals surface area (Å²) in [5.41, 5.74) is 3.66. The number of fused-ring (bicyclic) bond motifs is 1. The fraction of sp³-hybridized carbons (Fsp3) is 0.179. The van der Waals surface area contributed by atoms with Gasteiger partial charge >= 0.3 is 5.97 Å². The van der Waals surface area contributed by atoms with Crippen molar-refractivity contribution in [3.8, 4) is 0 Å². The predicted molar refractivity (Wildman–Crippen MR) is 138 cm³/mol. The molecule has 3 aromatic rings. The van der Waals surface area contributed by atoms with Gasteiger partial charge in [-0.05, 0) is 66.9 Å². The molecule has 0 saturated heterocycles. The number of aryl methyl sites for hydroxylation is 2. The molecule has 4 rings (SSSR count). The van der Waals surface area contributed by atoms with Gasteiger partial charge in [0, 0.05) is 18.3 Å². The molecule has 9 heteroatoms. The Labute approximate surface area is 213 Å². The zero-order chi connectivity index (χ0) is 26.7. The summed E-state index contributed by atoms with van der Waals surface area (Å²) in [6, 6.07) is 16.0. The topological polar surface area (TPSA) is 122 Å². The highest BCUT2D eigenvalue weighted by Gasteiger charge is 2.37. The van der Waals surface area contributed by atoms with Gasteiger partial charge in [-0.1, -0.05) is 25.1 Å². The number of imide groups is 1. The molecule has 37 heavy (non-hydrogen) atoms. The van der Waals surface area contributed by atoms with E-state index in [2.05, 4.69) is 10.6 Å². The summed E-state index contributed by atoms with van der Waals surface area (Å²) in [4.78, 5) is 63.1. The van der Waals surface area contributed by atoms with E-state index in [0.29, 0.717) is 17.1 Å². The van der Waals surface area contributed by atoms with Crippen LogP contribution in [0.5, 0.6) is 0 Å². The molecule has 2 N–H and O–H groups in total. The third-order valence-corrected chi connectivity index (χ3v) is 5.91. The van der Waals surface area contributed by atoms with Crippen molar-refractivity contribution < 1.29 is 28.7 Å². The molecule has 1 aliphatic heterocycles. The van der Waals surface area contributed by atoms with E-state index in [1.807, 2.05) is 32.0 Å². The molecular weight excluding hydrogens is 474 g/mol. The van der Waals surface area contributed by atoms with Crippen molar-refractivity contribution >= 4 is 46.7 Å². The highest BCUT2D eigenvalue weighted by Crippen LogP contribution is 2.30. The van der Waals surface area contributed by atoms with Gasteiger partial charge in [-0.25, -0.2) is 9.69 Å². The summed E-state index contributed by atoms with van der Waals surface area (Å²) in [6.45, 7) is 4.73. The lowest BCUT2D eigenvalue weighted by Gasteiger charge is -2.14. The second kappa shape index (κ2) is 10.4. The van der Waals surface area contributed by atoms with Crippen molar-refractivity contribution in [3.05, 3.63) is 88.5 Å². The van der Waals surface area contributed by atoms with E-state index in [1.165, 1.54) is 25.1 Å². The average Bonchev–Trinajstić information content (AvgIpc) is 3.13. The fourth-order valence-corrected chi connectivity index (χ4v) is 4.09. The van der Waals surface area contributed by atoms with Crippen molar-refractivity contribution in [1.82, 2.24) is 0 Å². The Morgan fingerprint density at radius 3 is 2.27 bits per heavy atom. The Morgan fingerprint density at radius 2 is 1.59 bits per heavy atom. The molecule has 0 aliphatic carbocycles. The van der Waals surface area contributed by atoms with E-state index in [0.717, 1.165) is 22.4 Å². The first kappa shape index (κ1) is 25.3. The maximum absolute atomic E-state index is 13.0.